The van der Waals surface area contributed by atoms with Crippen molar-refractivity contribution in [2.75, 3.05) is 26.4 Å². The van der Waals surface area contributed by atoms with Crippen LogP contribution in [-0.2, 0) is 0 Å². The van der Waals surface area contributed by atoms with Gasteiger partial charge in [0.05, 0.1) is 10.5 Å². The number of carbonyl (C=O) groups is 1. The highest BCUT2D eigenvalue weighted by Gasteiger charge is 2.14. The van der Waals surface area contributed by atoms with Crippen molar-refractivity contribution in [3.05, 3.63) is 29.3 Å². The van der Waals surface area contributed by atoms with Gasteiger partial charge in [0.15, 0.2) is 0 Å². The molecule has 0 fully saturated rings. The summed E-state index contributed by atoms with van der Waals surface area (Å²) in [4.78, 5) is 12.3. The van der Waals surface area contributed by atoms with Gasteiger partial charge in [-0.3, -0.25) is 0 Å². The van der Waals surface area contributed by atoms with Crippen LogP contribution in [0.15, 0.2) is 17.0 Å². The number of thioether (sulfide) groups is 1. The number of aromatic carboxylic acids is 1. The summed E-state index contributed by atoms with van der Waals surface area (Å²) >= 11 is 1.04. The summed E-state index contributed by atoms with van der Waals surface area (Å²) < 4.78 is 26.9. The van der Waals surface area contributed by atoms with Crippen molar-refractivity contribution in [3.8, 4) is 0 Å². The molecule has 94 valence electrons. The number of halogens is 2. The summed E-state index contributed by atoms with van der Waals surface area (Å²) in [5, 5.41) is 8.63. The van der Waals surface area contributed by atoms with Gasteiger partial charge in [0.25, 0.3) is 0 Å². The van der Waals surface area contributed by atoms with Crippen LogP contribution < -0.4 is 0 Å². The third-order valence-corrected chi connectivity index (χ3v) is 3.10. The van der Waals surface area contributed by atoms with Crippen molar-refractivity contribution in [3.63, 3.8) is 0 Å². The quantitative estimate of drug-likeness (QED) is 0.826. The molecule has 1 rings (SSSR count). The molecule has 0 aliphatic carbocycles. The van der Waals surface area contributed by atoms with Gasteiger partial charge in [0.1, 0.15) is 11.6 Å². The predicted octanol–water partition coefficient (Wildman–Crippen LogP) is 2.32. The molecule has 0 aromatic heterocycles. The van der Waals surface area contributed by atoms with Gasteiger partial charge in [0.2, 0.25) is 0 Å². The van der Waals surface area contributed by atoms with Crippen LogP contribution in [0.25, 0.3) is 0 Å². The fourth-order valence-corrected chi connectivity index (χ4v) is 2.21. The number of nitrogens with zero attached hydrogens (tertiary/aromatic N) is 1. The van der Waals surface area contributed by atoms with Gasteiger partial charge >= 0.3 is 5.97 Å². The first kappa shape index (κ1) is 13.9. The molecule has 0 aliphatic heterocycles. The lowest BCUT2D eigenvalue weighted by Gasteiger charge is -2.10. The van der Waals surface area contributed by atoms with Crippen LogP contribution in [0, 0.1) is 11.6 Å². The molecule has 3 nitrogen and oxygen atoms in total. The first-order chi connectivity index (χ1) is 7.91. The molecule has 0 aliphatic rings. The Labute approximate surface area is 102 Å². The van der Waals surface area contributed by atoms with Gasteiger partial charge in [-0.2, -0.15) is 0 Å². The molecule has 0 saturated heterocycles. The zero-order chi connectivity index (χ0) is 13.0. The van der Waals surface area contributed by atoms with Crippen LogP contribution in [-0.4, -0.2) is 42.4 Å². The number of benzene rings is 1. The third kappa shape index (κ3) is 3.98. The monoisotopic (exact) mass is 261 g/mol. The molecule has 1 aromatic carbocycles. The molecule has 1 aromatic rings. The fraction of sp³-hybridized carbons (Fsp3) is 0.364. The van der Waals surface area contributed by atoms with E-state index in [1.54, 1.807) is 0 Å². The summed E-state index contributed by atoms with van der Waals surface area (Å²) in [7, 11) is 3.72. The molecule has 0 radical (unpaired) electrons. The van der Waals surface area contributed by atoms with Gasteiger partial charge in [-0.25, -0.2) is 13.6 Å². The fourth-order valence-electron chi connectivity index (χ4n) is 1.15. The van der Waals surface area contributed by atoms with Crippen molar-refractivity contribution >= 4 is 17.7 Å². The highest BCUT2D eigenvalue weighted by molar-refractivity contribution is 7.99. The minimum atomic E-state index is -1.34. The Morgan fingerprint density at radius 3 is 2.29 bits per heavy atom. The Hall–Kier alpha value is -1.14. The van der Waals surface area contributed by atoms with Crippen molar-refractivity contribution in [1.82, 2.24) is 4.90 Å². The van der Waals surface area contributed by atoms with E-state index in [0.29, 0.717) is 12.3 Å². The minimum absolute atomic E-state index is 0.128. The Bertz CT molecular complexity index is 401. The van der Waals surface area contributed by atoms with Crippen LogP contribution in [0.3, 0.4) is 0 Å². The zero-order valence-electron chi connectivity index (χ0n) is 9.54. The van der Waals surface area contributed by atoms with E-state index in [2.05, 4.69) is 0 Å². The van der Waals surface area contributed by atoms with Crippen LogP contribution >= 0.6 is 11.8 Å². The van der Waals surface area contributed by atoms with Crippen LogP contribution in [0.2, 0.25) is 0 Å². The van der Waals surface area contributed by atoms with E-state index in [-0.39, 0.29) is 10.5 Å². The maximum atomic E-state index is 13.5. The van der Waals surface area contributed by atoms with Gasteiger partial charge in [0, 0.05) is 12.3 Å². The maximum Gasteiger partial charge on any atom is 0.335 e. The molecule has 17 heavy (non-hydrogen) atoms. The molecule has 1 N–H and O–H groups in total. The van der Waals surface area contributed by atoms with E-state index < -0.39 is 17.6 Å². The highest BCUT2D eigenvalue weighted by Crippen LogP contribution is 2.26. The molecule has 0 atom stereocenters. The molecule has 6 heteroatoms. The van der Waals surface area contributed by atoms with Gasteiger partial charge in [-0.15, -0.1) is 11.8 Å². The van der Waals surface area contributed by atoms with Crippen LogP contribution in [0.1, 0.15) is 10.4 Å². The molecule has 0 bridgehead atoms. The molecule has 0 spiro atoms. The molecule has 0 unspecified atom stereocenters. The predicted molar refractivity (Wildman–Crippen MR) is 62.6 cm³/mol. The Kier molecular flexibility index (Phi) is 4.89. The summed E-state index contributed by atoms with van der Waals surface area (Å²) in [6, 6.07) is 1.67. The second-order valence-corrected chi connectivity index (χ2v) is 4.83. The largest absolute Gasteiger partial charge is 0.478 e. The van der Waals surface area contributed by atoms with Crippen LogP contribution in [0.5, 0.6) is 0 Å². The normalized spacial score (nSPS) is 10.9. The lowest BCUT2D eigenvalue weighted by molar-refractivity contribution is 0.0695. The van der Waals surface area contributed by atoms with Gasteiger partial charge in [-0.05, 0) is 26.2 Å². The number of carboxylic acid groups (broad SMARTS) is 1. The molecular weight excluding hydrogens is 248 g/mol. The van der Waals surface area contributed by atoms with Gasteiger partial charge in [-0.1, -0.05) is 0 Å². The standard InChI is InChI=1S/C11H13F2NO2S/c1-14(2)3-4-17-10-8(12)5-7(11(15)16)6-9(10)13/h5-6H,3-4H2,1-2H3,(H,15,16). The summed E-state index contributed by atoms with van der Waals surface area (Å²) in [5.74, 6) is -2.46. The van der Waals surface area contributed by atoms with E-state index in [9.17, 15) is 13.6 Å². The van der Waals surface area contributed by atoms with E-state index in [0.717, 1.165) is 23.9 Å². The molecule has 0 amide bonds. The first-order valence-electron chi connectivity index (χ1n) is 4.91. The minimum Gasteiger partial charge on any atom is -0.478 e. The SMILES string of the molecule is CN(C)CCSc1c(F)cc(C(=O)O)cc1F. The second kappa shape index (κ2) is 5.97. The number of hydrogen-bond donors (Lipinski definition) is 1. The van der Waals surface area contributed by atoms with Gasteiger partial charge < -0.3 is 10.0 Å². The Balaban J connectivity index is 2.83. The highest BCUT2D eigenvalue weighted by atomic mass is 32.2. The Morgan fingerprint density at radius 2 is 1.88 bits per heavy atom. The Morgan fingerprint density at radius 1 is 1.35 bits per heavy atom. The van der Waals surface area contributed by atoms with Crippen molar-refractivity contribution in [1.29, 1.82) is 0 Å². The summed E-state index contributed by atoms with van der Waals surface area (Å²) in [6.07, 6.45) is 0. The van der Waals surface area contributed by atoms with E-state index in [4.69, 9.17) is 5.11 Å². The van der Waals surface area contributed by atoms with E-state index in [1.807, 2.05) is 19.0 Å². The average molecular weight is 261 g/mol. The molecule has 0 saturated carbocycles. The zero-order valence-corrected chi connectivity index (χ0v) is 10.4. The maximum absolute atomic E-state index is 13.5. The van der Waals surface area contributed by atoms with E-state index in [1.165, 1.54) is 0 Å². The average Bonchev–Trinajstić information content (AvgIpc) is 2.21. The molecular formula is C11H13F2NO2S. The number of hydrogen-bond acceptors (Lipinski definition) is 3. The second-order valence-electron chi connectivity index (χ2n) is 3.73. The smallest absolute Gasteiger partial charge is 0.335 e. The number of rotatable bonds is 5. The lowest BCUT2D eigenvalue weighted by atomic mass is 10.2. The number of carboxylic acids is 1. The van der Waals surface area contributed by atoms with E-state index >= 15 is 0 Å². The van der Waals surface area contributed by atoms with Crippen molar-refractivity contribution in [2.45, 2.75) is 4.90 Å². The first-order valence-corrected chi connectivity index (χ1v) is 5.90. The third-order valence-electron chi connectivity index (χ3n) is 2.03. The van der Waals surface area contributed by atoms with Crippen molar-refractivity contribution in [2.24, 2.45) is 0 Å². The topological polar surface area (TPSA) is 40.5 Å². The summed E-state index contributed by atoms with van der Waals surface area (Å²) in [5.41, 5.74) is -0.378. The van der Waals surface area contributed by atoms with Crippen LogP contribution in [0.4, 0.5) is 8.78 Å². The van der Waals surface area contributed by atoms with Crippen molar-refractivity contribution < 1.29 is 18.7 Å². The lowest BCUT2D eigenvalue weighted by Crippen LogP contribution is -2.15. The summed E-state index contributed by atoms with van der Waals surface area (Å²) in [6.45, 7) is 0.685. The molecule has 0 heterocycles.